The summed E-state index contributed by atoms with van der Waals surface area (Å²) in [4.78, 5) is 0. The van der Waals surface area contributed by atoms with Crippen molar-refractivity contribution in [3.63, 3.8) is 0 Å². The van der Waals surface area contributed by atoms with Gasteiger partial charge in [0.2, 0.25) is 0 Å². The summed E-state index contributed by atoms with van der Waals surface area (Å²) in [5.74, 6) is 0. The van der Waals surface area contributed by atoms with E-state index in [4.69, 9.17) is 23.2 Å². The van der Waals surface area contributed by atoms with Crippen molar-refractivity contribution in [2.75, 3.05) is 0 Å². The average molecular weight is 281 g/mol. The molecule has 0 aromatic heterocycles. The van der Waals surface area contributed by atoms with Crippen molar-refractivity contribution >= 4 is 23.2 Å². The van der Waals surface area contributed by atoms with Crippen LogP contribution in [0.25, 0.3) is 0 Å². The van der Waals surface area contributed by atoms with E-state index in [1.165, 1.54) is 0 Å². The first-order valence-electron chi connectivity index (χ1n) is 5.75. The van der Waals surface area contributed by atoms with Crippen LogP contribution in [0.1, 0.15) is 22.8 Å². The highest BCUT2D eigenvalue weighted by Crippen LogP contribution is 2.25. The third kappa shape index (κ3) is 3.26. The fourth-order valence-corrected chi connectivity index (χ4v) is 2.21. The number of aliphatic hydroxyl groups is 1. The molecule has 0 fully saturated rings. The Balaban J connectivity index is 2.16. The molecule has 1 unspecified atom stereocenters. The first kappa shape index (κ1) is 13.4. The normalized spacial score (nSPS) is 12.4. The van der Waals surface area contributed by atoms with Crippen LogP contribution >= 0.6 is 23.2 Å². The van der Waals surface area contributed by atoms with Crippen molar-refractivity contribution in [3.8, 4) is 0 Å². The molecule has 1 N–H and O–H groups in total. The average Bonchev–Trinajstić information content (AvgIpc) is 2.34. The molecule has 18 heavy (non-hydrogen) atoms. The molecule has 2 aromatic carbocycles. The zero-order valence-corrected chi connectivity index (χ0v) is 11.5. The Morgan fingerprint density at radius 3 is 2.50 bits per heavy atom. The van der Waals surface area contributed by atoms with E-state index in [1.54, 1.807) is 12.1 Å². The van der Waals surface area contributed by atoms with E-state index in [0.29, 0.717) is 16.5 Å². The van der Waals surface area contributed by atoms with E-state index < -0.39 is 6.10 Å². The molecule has 0 aliphatic rings. The maximum Gasteiger partial charge on any atom is 0.0830 e. The van der Waals surface area contributed by atoms with Gasteiger partial charge in [-0.25, -0.2) is 0 Å². The highest BCUT2D eigenvalue weighted by atomic mass is 35.5. The largest absolute Gasteiger partial charge is 0.388 e. The number of aliphatic hydroxyl groups excluding tert-OH is 1. The molecule has 2 aromatic rings. The first-order valence-corrected chi connectivity index (χ1v) is 6.50. The maximum absolute atomic E-state index is 10.2. The van der Waals surface area contributed by atoms with Gasteiger partial charge in [-0.1, -0.05) is 59.1 Å². The van der Waals surface area contributed by atoms with Crippen LogP contribution in [0.5, 0.6) is 0 Å². The van der Waals surface area contributed by atoms with Gasteiger partial charge in [0.15, 0.2) is 0 Å². The van der Waals surface area contributed by atoms with Crippen molar-refractivity contribution < 1.29 is 5.11 Å². The smallest absolute Gasteiger partial charge is 0.0830 e. The van der Waals surface area contributed by atoms with Gasteiger partial charge < -0.3 is 5.11 Å². The van der Waals surface area contributed by atoms with Gasteiger partial charge in [0, 0.05) is 6.42 Å². The van der Waals surface area contributed by atoms with Crippen LogP contribution in [-0.4, -0.2) is 5.11 Å². The number of halogens is 2. The Kier molecular flexibility index (Phi) is 4.28. The SMILES string of the molecule is Cc1cccc(C(O)Cc2ccc(Cl)c(Cl)c2)c1. The standard InChI is InChI=1S/C15H14Cl2O/c1-10-3-2-4-12(7-10)15(18)9-11-5-6-13(16)14(17)8-11/h2-8,15,18H,9H2,1H3. The molecular weight excluding hydrogens is 267 g/mol. The fourth-order valence-electron chi connectivity index (χ4n) is 1.89. The molecule has 0 saturated carbocycles. The molecule has 0 amide bonds. The van der Waals surface area contributed by atoms with E-state index in [1.807, 2.05) is 37.3 Å². The lowest BCUT2D eigenvalue weighted by molar-refractivity contribution is 0.178. The van der Waals surface area contributed by atoms with Gasteiger partial charge in [-0.15, -0.1) is 0 Å². The van der Waals surface area contributed by atoms with E-state index in [2.05, 4.69) is 0 Å². The van der Waals surface area contributed by atoms with Crippen LogP contribution in [0.2, 0.25) is 10.0 Å². The molecule has 0 saturated heterocycles. The van der Waals surface area contributed by atoms with Gasteiger partial charge in [-0.05, 0) is 30.2 Å². The minimum atomic E-state index is -0.526. The minimum Gasteiger partial charge on any atom is -0.388 e. The summed E-state index contributed by atoms with van der Waals surface area (Å²) in [7, 11) is 0. The minimum absolute atomic E-state index is 0.519. The predicted octanol–water partition coefficient (Wildman–Crippen LogP) is 4.58. The van der Waals surface area contributed by atoms with Gasteiger partial charge in [0.25, 0.3) is 0 Å². The molecule has 0 aliphatic heterocycles. The molecule has 2 rings (SSSR count). The van der Waals surface area contributed by atoms with Gasteiger partial charge in [0.05, 0.1) is 16.1 Å². The Morgan fingerprint density at radius 2 is 1.83 bits per heavy atom. The third-order valence-corrected chi connectivity index (χ3v) is 3.58. The molecule has 1 atom stereocenters. The quantitative estimate of drug-likeness (QED) is 0.873. The summed E-state index contributed by atoms with van der Waals surface area (Å²) in [5.41, 5.74) is 3.03. The van der Waals surface area contributed by atoms with Crippen molar-refractivity contribution in [3.05, 3.63) is 69.2 Å². The van der Waals surface area contributed by atoms with Crippen molar-refractivity contribution in [1.29, 1.82) is 0 Å². The number of rotatable bonds is 3. The van der Waals surface area contributed by atoms with Gasteiger partial charge in [-0.3, -0.25) is 0 Å². The summed E-state index contributed by atoms with van der Waals surface area (Å²) in [6.07, 6.45) is 0.00232. The Morgan fingerprint density at radius 1 is 1.06 bits per heavy atom. The van der Waals surface area contributed by atoms with Crippen LogP contribution < -0.4 is 0 Å². The third-order valence-electron chi connectivity index (χ3n) is 2.84. The zero-order valence-electron chi connectivity index (χ0n) is 10.0. The Labute approximate surface area is 117 Å². The summed E-state index contributed by atoms with van der Waals surface area (Å²) >= 11 is 11.8. The lowest BCUT2D eigenvalue weighted by atomic mass is 10.0. The molecule has 1 nitrogen and oxygen atoms in total. The van der Waals surface area contributed by atoms with E-state index >= 15 is 0 Å². The predicted molar refractivity (Wildman–Crippen MR) is 76.3 cm³/mol. The lowest BCUT2D eigenvalue weighted by Crippen LogP contribution is -2.02. The number of aryl methyl sites for hydroxylation is 1. The number of benzene rings is 2. The topological polar surface area (TPSA) is 20.2 Å². The monoisotopic (exact) mass is 280 g/mol. The molecule has 0 heterocycles. The second-order valence-corrected chi connectivity index (χ2v) is 5.20. The second kappa shape index (κ2) is 5.75. The van der Waals surface area contributed by atoms with E-state index in [9.17, 15) is 5.11 Å². The van der Waals surface area contributed by atoms with Gasteiger partial charge in [-0.2, -0.15) is 0 Å². The summed E-state index contributed by atoms with van der Waals surface area (Å²) in [5, 5.41) is 11.2. The Bertz CT molecular complexity index is 552. The van der Waals surface area contributed by atoms with Crippen LogP contribution in [-0.2, 0) is 6.42 Å². The van der Waals surface area contributed by atoms with E-state index in [-0.39, 0.29) is 0 Å². The molecule has 0 aliphatic carbocycles. The van der Waals surface area contributed by atoms with Crippen molar-refractivity contribution in [2.45, 2.75) is 19.4 Å². The zero-order chi connectivity index (χ0) is 13.1. The van der Waals surface area contributed by atoms with Crippen LogP contribution in [0.4, 0.5) is 0 Å². The molecular formula is C15H14Cl2O. The molecule has 0 radical (unpaired) electrons. The van der Waals surface area contributed by atoms with E-state index in [0.717, 1.165) is 16.7 Å². The first-order chi connectivity index (χ1) is 8.56. The number of hydrogen-bond acceptors (Lipinski definition) is 1. The number of hydrogen-bond donors (Lipinski definition) is 1. The second-order valence-electron chi connectivity index (χ2n) is 4.38. The van der Waals surface area contributed by atoms with Crippen molar-refractivity contribution in [1.82, 2.24) is 0 Å². The molecule has 3 heteroatoms. The summed E-state index contributed by atoms with van der Waals surface area (Å²) in [6.45, 7) is 2.01. The highest BCUT2D eigenvalue weighted by Gasteiger charge is 2.09. The molecule has 0 bridgehead atoms. The molecule has 0 spiro atoms. The van der Waals surface area contributed by atoms with Crippen LogP contribution in [0, 0.1) is 6.92 Å². The van der Waals surface area contributed by atoms with Crippen LogP contribution in [0.15, 0.2) is 42.5 Å². The highest BCUT2D eigenvalue weighted by molar-refractivity contribution is 6.42. The van der Waals surface area contributed by atoms with Gasteiger partial charge in [0.1, 0.15) is 0 Å². The maximum atomic E-state index is 10.2. The summed E-state index contributed by atoms with van der Waals surface area (Å²) in [6, 6.07) is 13.3. The lowest BCUT2D eigenvalue weighted by Gasteiger charge is -2.12. The van der Waals surface area contributed by atoms with Crippen LogP contribution in [0.3, 0.4) is 0 Å². The Hall–Kier alpha value is -1.02. The van der Waals surface area contributed by atoms with Gasteiger partial charge >= 0.3 is 0 Å². The molecule has 94 valence electrons. The van der Waals surface area contributed by atoms with Crippen molar-refractivity contribution in [2.24, 2.45) is 0 Å². The fraction of sp³-hybridized carbons (Fsp3) is 0.200. The summed E-state index contributed by atoms with van der Waals surface area (Å²) < 4.78 is 0.